The molecule has 1 aliphatic heterocycles. The molecule has 146 valence electrons. The van der Waals surface area contributed by atoms with Crippen molar-refractivity contribution in [1.82, 2.24) is 10.2 Å². The third-order valence-corrected chi connectivity index (χ3v) is 7.20. The molecule has 1 aromatic rings. The van der Waals surface area contributed by atoms with Gasteiger partial charge in [-0.15, -0.1) is 11.8 Å². The Bertz CT molecular complexity index is 737. The second-order valence-corrected chi connectivity index (χ2v) is 9.01. The number of benzene rings is 1. The van der Waals surface area contributed by atoms with Gasteiger partial charge >= 0.3 is 0 Å². The van der Waals surface area contributed by atoms with Crippen LogP contribution in [-0.2, 0) is 9.59 Å². The maximum Gasteiger partial charge on any atom is 0.260 e. The summed E-state index contributed by atoms with van der Waals surface area (Å²) in [7, 11) is 1.86. The van der Waals surface area contributed by atoms with E-state index in [-0.39, 0.29) is 23.8 Å². The van der Waals surface area contributed by atoms with Crippen LogP contribution in [0.15, 0.2) is 29.2 Å². The number of fused-ring (bicyclic) bond motifs is 1. The molecule has 1 aromatic carbocycles. The Morgan fingerprint density at radius 2 is 2.15 bits per heavy atom. The Labute approximate surface area is 170 Å². The molecule has 4 nitrogen and oxygen atoms in total. The number of amides is 2. The summed E-state index contributed by atoms with van der Waals surface area (Å²) in [6.07, 6.45) is 6.55. The van der Waals surface area contributed by atoms with E-state index in [0.717, 1.165) is 49.1 Å². The van der Waals surface area contributed by atoms with Gasteiger partial charge in [0, 0.05) is 35.8 Å². The summed E-state index contributed by atoms with van der Waals surface area (Å²) < 4.78 is 0. The molecule has 0 spiro atoms. The van der Waals surface area contributed by atoms with E-state index in [4.69, 9.17) is 11.6 Å². The molecule has 1 saturated heterocycles. The summed E-state index contributed by atoms with van der Waals surface area (Å²) in [4.78, 5) is 27.9. The van der Waals surface area contributed by atoms with E-state index in [1.165, 1.54) is 0 Å². The minimum atomic E-state index is 0.00746. The largest absolute Gasteiger partial charge is 0.356 e. The van der Waals surface area contributed by atoms with E-state index >= 15 is 0 Å². The Kier molecular flexibility index (Phi) is 6.88. The number of hydrogen-bond acceptors (Lipinski definition) is 3. The van der Waals surface area contributed by atoms with Gasteiger partial charge in [-0.25, -0.2) is 0 Å². The molecular formula is C21H27ClN2O2S. The predicted octanol–water partition coefficient (Wildman–Crippen LogP) is 4.34. The Morgan fingerprint density at radius 3 is 2.89 bits per heavy atom. The number of carbonyl (C=O) groups excluding carboxylic acids is 2. The van der Waals surface area contributed by atoms with E-state index in [0.29, 0.717) is 10.3 Å². The molecule has 3 atom stereocenters. The van der Waals surface area contributed by atoms with Crippen LogP contribution in [0.4, 0.5) is 0 Å². The van der Waals surface area contributed by atoms with Crippen LogP contribution in [0.1, 0.15) is 44.6 Å². The first-order chi connectivity index (χ1) is 13.0. The number of unbranched alkanes of at least 4 members (excludes halogenated alkanes) is 1. The molecule has 2 aliphatic rings. The SMILES string of the molecule is CCCCNC(=O)C1CCC2S/C(=C\c3ccccc3Cl)C(=O)N(C)C2C1. The minimum Gasteiger partial charge on any atom is -0.356 e. The van der Waals surface area contributed by atoms with Gasteiger partial charge in [-0.3, -0.25) is 9.59 Å². The van der Waals surface area contributed by atoms with Crippen molar-refractivity contribution >= 4 is 41.3 Å². The van der Waals surface area contributed by atoms with Crippen molar-refractivity contribution in [3.05, 3.63) is 39.8 Å². The maximum absolute atomic E-state index is 12.9. The van der Waals surface area contributed by atoms with Crippen molar-refractivity contribution in [3.8, 4) is 0 Å². The van der Waals surface area contributed by atoms with Crippen LogP contribution in [0.2, 0.25) is 5.02 Å². The number of carbonyl (C=O) groups is 2. The van der Waals surface area contributed by atoms with E-state index in [2.05, 4.69) is 12.2 Å². The standard InChI is InChI=1S/C21H27ClN2O2S/c1-3-4-11-23-20(25)15-9-10-18-17(12-15)24(2)21(26)19(27-18)13-14-7-5-6-8-16(14)22/h5-8,13,15,17-18H,3-4,9-12H2,1-2H3,(H,23,25)/b19-13-. The molecule has 0 radical (unpaired) electrons. The van der Waals surface area contributed by atoms with E-state index in [9.17, 15) is 9.59 Å². The highest BCUT2D eigenvalue weighted by atomic mass is 35.5. The normalized spacial score (nSPS) is 26.8. The molecule has 2 fully saturated rings. The zero-order valence-corrected chi connectivity index (χ0v) is 17.5. The lowest BCUT2D eigenvalue weighted by molar-refractivity contribution is -0.131. The summed E-state index contributed by atoms with van der Waals surface area (Å²) in [6, 6.07) is 7.68. The van der Waals surface area contributed by atoms with Gasteiger partial charge in [-0.1, -0.05) is 43.1 Å². The molecule has 0 aromatic heterocycles. The van der Waals surface area contributed by atoms with Crippen molar-refractivity contribution in [1.29, 1.82) is 0 Å². The zero-order chi connectivity index (χ0) is 19.4. The van der Waals surface area contributed by atoms with Crippen LogP contribution in [0.3, 0.4) is 0 Å². The average Bonchev–Trinajstić information content (AvgIpc) is 2.67. The molecule has 2 amide bonds. The quantitative estimate of drug-likeness (QED) is 0.584. The van der Waals surface area contributed by atoms with Crippen molar-refractivity contribution in [2.24, 2.45) is 5.92 Å². The first-order valence-electron chi connectivity index (χ1n) is 9.69. The van der Waals surface area contributed by atoms with Crippen molar-refractivity contribution in [2.75, 3.05) is 13.6 Å². The van der Waals surface area contributed by atoms with Crippen molar-refractivity contribution in [3.63, 3.8) is 0 Å². The van der Waals surface area contributed by atoms with Crippen molar-refractivity contribution in [2.45, 2.75) is 50.3 Å². The zero-order valence-electron chi connectivity index (χ0n) is 15.9. The van der Waals surface area contributed by atoms with Crippen LogP contribution < -0.4 is 5.32 Å². The minimum absolute atomic E-state index is 0.00746. The fourth-order valence-corrected chi connectivity index (χ4v) is 5.46. The summed E-state index contributed by atoms with van der Waals surface area (Å²) >= 11 is 7.89. The number of thioether (sulfide) groups is 1. The third kappa shape index (κ3) is 4.69. The fraction of sp³-hybridized carbons (Fsp3) is 0.524. The van der Waals surface area contributed by atoms with E-state index < -0.39 is 0 Å². The van der Waals surface area contributed by atoms with Crippen LogP contribution in [0.25, 0.3) is 6.08 Å². The number of likely N-dealkylation sites (N-methyl/N-ethyl adjacent to an activating group) is 1. The lowest BCUT2D eigenvalue weighted by Gasteiger charge is -2.44. The fourth-order valence-electron chi connectivity index (χ4n) is 3.80. The molecule has 27 heavy (non-hydrogen) atoms. The number of rotatable bonds is 5. The highest BCUT2D eigenvalue weighted by molar-refractivity contribution is 8.04. The molecule has 6 heteroatoms. The van der Waals surface area contributed by atoms with E-state index in [1.807, 2.05) is 42.3 Å². The molecular weight excluding hydrogens is 380 g/mol. The molecule has 1 aliphatic carbocycles. The van der Waals surface area contributed by atoms with Gasteiger partial charge < -0.3 is 10.2 Å². The van der Waals surface area contributed by atoms with Crippen LogP contribution in [-0.4, -0.2) is 41.6 Å². The van der Waals surface area contributed by atoms with Crippen molar-refractivity contribution < 1.29 is 9.59 Å². The highest BCUT2D eigenvalue weighted by Crippen LogP contribution is 2.43. The predicted molar refractivity (Wildman–Crippen MR) is 113 cm³/mol. The van der Waals surface area contributed by atoms with Gasteiger partial charge in [0.25, 0.3) is 5.91 Å². The van der Waals surface area contributed by atoms with Gasteiger partial charge in [-0.2, -0.15) is 0 Å². The molecule has 1 heterocycles. The Hall–Kier alpha value is -1.46. The molecule has 0 bridgehead atoms. The Morgan fingerprint density at radius 1 is 1.37 bits per heavy atom. The van der Waals surface area contributed by atoms with Crippen LogP contribution in [0, 0.1) is 5.92 Å². The van der Waals surface area contributed by atoms with Crippen LogP contribution >= 0.6 is 23.4 Å². The Balaban J connectivity index is 1.69. The van der Waals surface area contributed by atoms with Gasteiger partial charge in [0.05, 0.1) is 4.91 Å². The lowest BCUT2D eigenvalue weighted by atomic mass is 9.83. The average molecular weight is 407 g/mol. The first kappa shape index (κ1) is 20.3. The summed E-state index contributed by atoms with van der Waals surface area (Å²) in [5.41, 5.74) is 0.867. The van der Waals surface area contributed by atoms with Gasteiger partial charge in [0.15, 0.2) is 0 Å². The molecule has 1 saturated carbocycles. The number of halogens is 1. The van der Waals surface area contributed by atoms with Gasteiger partial charge in [0.2, 0.25) is 5.91 Å². The monoisotopic (exact) mass is 406 g/mol. The third-order valence-electron chi connectivity index (χ3n) is 5.45. The van der Waals surface area contributed by atoms with Crippen LogP contribution in [0.5, 0.6) is 0 Å². The second kappa shape index (κ2) is 9.16. The maximum atomic E-state index is 12.9. The van der Waals surface area contributed by atoms with Gasteiger partial charge in [-0.05, 0) is 43.4 Å². The smallest absolute Gasteiger partial charge is 0.260 e. The summed E-state index contributed by atoms with van der Waals surface area (Å²) in [5, 5.41) is 4.03. The summed E-state index contributed by atoms with van der Waals surface area (Å²) in [5.74, 6) is 0.173. The highest BCUT2D eigenvalue weighted by Gasteiger charge is 2.42. The topological polar surface area (TPSA) is 49.4 Å². The molecule has 1 N–H and O–H groups in total. The number of nitrogens with zero attached hydrogens (tertiary/aromatic N) is 1. The second-order valence-electron chi connectivity index (χ2n) is 7.32. The summed E-state index contributed by atoms with van der Waals surface area (Å²) in [6.45, 7) is 2.86. The number of hydrogen-bond donors (Lipinski definition) is 1. The lowest BCUT2D eigenvalue weighted by Crippen LogP contribution is -2.52. The molecule has 3 unspecified atom stereocenters. The van der Waals surface area contributed by atoms with Gasteiger partial charge in [0.1, 0.15) is 0 Å². The first-order valence-corrected chi connectivity index (χ1v) is 10.9. The number of nitrogens with one attached hydrogen (secondary N) is 1. The van der Waals surface area contributed by atoms with E-state index in [1.54, 1.807) is 11.8 Å². The molecule has 3 rings (SSSR count).